The van der Waals surface area contributed by atoms with Crippen molar-refractivity contribution in [1.82, 2.24) is 20.1 Å². The van der Waals surface area contributed by atoms with E-state index in [2.05, 4.69) is 15.4 Å². The van der Waals surface area contributed by atoms with Crippen LogP contribution in [0.4, 0.5) is 5.82 Å². The maximum absolute atomic E-state index is 10.0. The van der Waals surface area contributed by atoms with Crippen molar-refractivity contribution in [3.8, 4) is 17.0 Å². The molecule has 6 nitrogen and oxygen atoms in total. The van der Waals surface area contributed by atoms with Crippen molar-refractivity contribution >= 4 is 16.9 Å². The highest BCUT2D eigenvalue weighted by molar-refractivity contribution is 5.91. The smallest absolute Gasteiger partial charge is 0.169 e. The Hall–Kier alpha value is -2.47. The van der Waals surface area contributed by atoms with Crippen LogP contribution in [0.25, 0.3) is 22.3 Å². The Morgan fingerprint density at radius 1 is 1.23 bits per heavy atom. The number of benzene rings is 1. The lowest BCUT2D eigenvalue weighted by Gasteiger charge is -2.23. The summed E-state index contributed by atoms with van der Waals surface area (Å²) in [5.41, 5.74) is 9.55. The molecule has 0 bridgehead atoms. The van der Waals surface area contributed by atoms with Crippen molar-refractivity contribution in [2.75, 3.05) is 18.8 Å². The number of aromatic nitrogens is 3. The van der Waals surface area contributed by atoms with Gasteiger partial charge in [-0.3, -0.25) is 4.68 Å². The Labute approximate surface area is 127 Å². The van der Waals surface area contributed by atoms with E-state index in [1.165, 1.54) is 0 Å². The second-order valence-electron chi connectivity index (χ2n) is 5.77. The third-order valence-electron chi connectivity index (χ3n) is 4.36. The number of phenolic OH excluding ortho intramolecular Hbond substituents is 1. The van der Waals surface area contributed by atoms with Gasteiger partial charge in [-0.1, -0.05) is 12.1 Å². The van der Waals surface area contributed by atoms with Crippen LogP contribution >= 0.6 is 0 Å². The summed E-state index contributed by atoms with van der Waals surface area (Å²) in [6, 6.07) is 9.68. The number of nitrogens with zero attached hydrogens (tertiary/aromatic N) is 2. The molecule has 1 saturated heterocycles. The van der Waals surface area contributed by atoms with Gasteiger partial charge < -0.3 is 21.1 Å². The molecule has 3 aromatic rings. The number of piperidine rings is 1. The first-order valence-corrected chi connectivity index (χ1v) is 7.60. The molecule has 4 rings (SSSR count). The van der Waals surface area contributed by atoms with Crippen molar-refractivity contribution in [3.05, 3.63) is 30.3 Å². The van der Waals surface area contributed by atoms with Gasteiger partial charge in [0.25, 0.3) is 0 Å². The van der Waals surface area contributed by atoms with E-state index < -0.39 is 0 Å². The summed E-state index contributed by atoms with van der Waals surface area (Å²) in [6.07, 6.45) is 2.10. The molecule has 0 radical (unpaired) electrons. The molecular formula is C16H19N5O. The van der Waals surface area contributed by atoms with Crippen molar-refractivity contribution in [1.29, 1.82) is 0 Å². The number of H-pyrrole nitrogens is 1. The van der Waals surface area contributed by atoms with Crippen LogP contribution in [0.1, 0.15) is 18.9 Å². The number of rotatable bonds is 2. The second kappa shape index (κ2) is 5.06. The molecule has 1 aliphatic rings. The first-order valence-electron chi connectivity index (χ1n) is 7.60. The number of nitrogen functional groups attached to an aromatic ring is 1. The van der Waals surface area contributed by atoms with Gasteiger partial charge in [-0.05, 0) is 44.1 Å². The van der Waals surface area contributed by atoms with Crippen molar-refractivity contribution < 1.29 is 5.11 Å². The van der Waals surface area contributed by atoms with Crippen LogP contribution in [0.15, 0.2) is 30.3 Å². The number of nitrogens with two attached hydrogens (primary N) is 1. The molecule has 6 heteroatoms. The molecule has 2 aromatic heterocycles. The highest BCUT2D eigenvalue weighted by Gasteiger charge is 2.21. The van der Waals surface area contributed by atoms with Gasteiger partial charge in [0.2, 0.25) is 0 Å². The summed E-state index contributed by atoms with van der Waals surface area (Å²) in [7, 11) is 0. The Morgan fingerprint density at radius 3 is 2.77 bits per heavy atom. The molecule has 0 spiro atoms. The minimum Gasteiger partial charge on any atom is -0.507 e. The number of aromatic hydroxyl groups is 1. The molecule has 114 valence electrons. The fourth-order valence-corrected chi connectivity index (χ4v) is 3.22. The number of phenols is 1. The predicted molar refractivity (Wildman–Crippen MR) is 86.7 cm³/mol. The molecule has 0 aliphatic carbocycles. The van der Waals surface area contributed by atoms with Crippen molar-refractivity contribution in [2.45, 2.75) is 18.9 Å². The van der Waals surface area contributed by atoms with Gasteiger partial charge in [0.1, 0.15) is 11.3 Å². The number of hydrogen-bond acceptors (Lipinski definition) is 4. The Kier molecular flexibility index (Phi) is 3.04. The number of nitrogens with one attached hydrogen (secondary N) is 2. The zero-order chi connectivity index (χ0) is 15.1. The zero-order valence-corrected chi connectivity index (χ0v) is 12.2. The minimum absolute atomic E-state index is 0.256. The van der Waals surface area contributed by atoms with E-state index in [1.54, 1.807) is 6.07 Å². The molecule has 0 amide bonds. The molecule has 0 unspecified atom stereocenters. The summed E-state index contributed by atoms with van der Waals surface area (Å²) in [4.78, 5) is 3.30. The molecule has 0 atom stereocenters. The highest BCUT2D eigenvalue weighted by Crippen LogP contribution is 2.34. The number of aromatic amines is 1. The summed E-state index contributed by atoms with van der Waals surface area (Å²) < 4.78 is 2.03. The number of para-hydroxylation sites is 1. The molecule has 1 aromatic carbocycles. The largest absolute Gasteiger partial charge is 0.507 e. The van der Waals surface area contributed by atoms with E-state index in [4.69, 9.17) is 5.73 Å². The van der Waals surface area contributed by atoms with Gasteiger partial charge in [-0.2, -0.15) is 5.10 Å². The van der Waals surface area contributed by atoms with Crippen LogP contribution < -0.4 is 11.1 Å². The fourth-order valence-electron chi connectivity index (χ4n) is 3.22. The molecule has 5 N–H and O–H groups in total. The van der Waals surface area contributed by atoms with Crippen LogP contribution in [0.5, 0.6) is 5.75 Å². The third kappa shape index (κ3) is 2.03. The van der Waals surface area contributed by atoms with Gasteiger partial charge in [0.05, 0.1) is 17.3 Å². The van der Waals surface area contributed by atoms with E-state index in [0.717, 1.165) is 48.2 Å². The second-order valence-corrected chi connectivity index (χ2v) is 5.77. The first-order chi connectivity index (χ1) is 10.7. The Bertz CT molecular complexity index is 813. The lowest BCUT2D eigenvalue weighted by atomic mass is 10.1. The van der Waals surface area contributed by atoms with E-state index in [1.807, 2.05) is 28.9 Å². The van der Waals surface area contributed by atoms with Gasteiger partial charge in [0.15, 0.2) is 5.82 Å². The lowest BCUT2D eigenvalue weighted by Crippen LogP contribution is -2.29. The first kappa shape index (κ1) is 13.2. The normalized spacial score (nSPS) is 16.4. The van der Waals surface area contributed by atoms with Gasteiger partial charge in [-0.15, -0.1) is 0 Å². The van der Waals surface area contributed by atoms with Gasteiger partial charge in [-0.25, -0.2) is 0 Å². The maximum atomic E-state index is 10.0. The lowest BCUT2D eigenvalue weighted by molar-refractivity contribution is 0.352. The van der Waals surface area contributed by atoms with Crippen LogP contribution in [-0.2, 0) is 0 Å². The van der Waals surface area contributed by atoms with Crippen LogP contribution in [0, 0.1) is 0 Å². The molecular weight excluding hydrogens is 278 g/mol. The Balaban J connectivity index is 1.82. The van der Waals surface area contributed by atoms with E-state index in [0.29, 0.717) is 11.9 Å². The quantitative estimate of drug-likeness (QED) is 0.584. The fraction of sp³-hybridized carbons (Fsp3) is 0.312. The summed E-state index contributed by atoms with van der Waals surface area (Å²) in [5, 5.41) is 17.9. The van der Waals surface area contributed by atoms with Crippen LogP contribution in [-0.4, -0.2) is 33.0 Å². The minimum atomic E-state index is 0.256. The monoisotopic (exact) mass is 297 g/mol. The van der Waals surface area contributed by atoms with Gasteiger partial charge in [0, 0.05) is 5.56 Å². The standard InChI is InChI=1S/C16H19N5O/c17-16-15-13(21(20-16)10-5-7-18-8-6-10)9-12(19-15)11-3-1-2-4-14(11)22/h1-4,9-10,18-19,22H,5-8H2,(H2,17,20). The zero-order valence-electron chi connectivity index (χ0n) is 12.2. The average Bonchev–Trinajstić information content (AvgIpc) is 3.10. The molecule has 22 heavy (non-hydrogen) atoms. The Morgan fingerprint density at radius 2 is 2.00 bits per heavy atom. The maximum Gasteiger partial charge on any atom is 0.169 e. The molecule has 0 saturated carbocycles. The summed E-state index contributed by atoms with van der Waals surface area (Å²) >= 11 is 0. The number of hydrogen-bond donors (Lipinski definition) is 4. The topological polar surface area (TPSA) is 91.9 Å². The summed E-state index contributed by atoms with van der Waals surface area (Å²) in [6.45, 7) is 2.01. The van der Waals surface area contributed by atoms with Crippen LogP contribution in [0.2, 0.25) is 0 Å². The van der Waals surface area contributed by atoms with Gasteiger partial charge >= 0.3 is 0 Å². The van der Waals surface area contributed by atoms with E-state index in [9.17, 15) is 5.11 Å². The number of fused-ring (bicyclic) bond motifs is 1. The highest BCUT2D eigenvalue weighted by atomic mass is 16.3. The molecule has 1 aliphatic heterocycles. The predicted octanol–water partition coefficient (Wildman–Crippen LogP) is 2.24. The van der Waals surface area contributed by atoms with Crippen molar-refractivity contribution in [2.24, 2.45) is 0 Å². The molecule has 3 heterocycles. The van der Waals surface area contributed by atoms with Crippen molar-refractivity contribution in [3.63, 3.8) is 0 Å². The number of anilines is 1. The SMILES string of the molecule is Nc1nn(C2CCNCC2)c2cc(-c3ccccc3O)[nH]c12. The average molecular weight is 297 g/mol. The molecule has 1 fully saturated rings. The van der Waals surface area contributed by atoms with E-state index in [-0.39, 0.29) is 5.75 Å². The third-order valence-corrected chi connectivity index (χ3v) is 4.36. The summed E-state index contributed by atoms with van der Waals surface area (Å²) in [5.74, 6) is 0.765. The van der Waals surface area contributed by atoms with Crippen LogP contribution in [0.3, 0.4) is 0 Å². The van der Waals surface area contributed by atoms with E-state index >= 15 is 0 Å².